The molecule has 1 aliphatic heterocycles. The molecule has 7 nitrogen and oxygen atoms in total. The van der Waals surface area contributed by atoms with Crippen LogP contribution < -0.4 is 21.1 Å². The number of carbonyl (C=O) groups is 2. The van der Waals surface area contributed by atoms with Gasteiger partial charge in [-0.25, -0.2) is 0 Å². The Hall–Kier alpha value is -2.12. The number of rotatable bonds is 6. The Balaban J connectivity index is 1.95. The lowest BCUT2D eigenvalue weighted by atomic mass is 10.2. The van der Waals surface area contributed by atoms with E-state index < -0.39 is 18.1 Å². The van der Waals surface area contributed by atoms with Crippen molar-refractivity contribution in [2.45, 2.75) is 25.0 Å². The van der Waals surface area contributed by atoms with Crippen LogP contribution in [0.25, 0.3) is 0 Å². The van der Waals surface area contributed by atoms with Crippen LogP contribution in [0.3, 0.4) is 0 Å². The fourth-order valence-electron chi connectivity index (χ4n) is 2.09. The van der Waals surface area contributed by atoms with Gasteiger partial charge in [-0.1, -0.05) is 12.1 Å². The summed E-state index contributed by atoms with van der Waals surface area (Å²) >= 11 is 0. The van der Waals surface area contributed by atoms with Crippen molar-refractivity contribution in [1.29, 1.82) is 0 Å². The molecule has 1 heterocycles. The zero-order valence-electron chi connectivity index (χ0n) is 11.5. The number of primary amides is 1. The number of β-amino-alcohol motifs (C(OH)–C–C–N with tert-alkyl or cyclic N) is 1. The summed E-state index contributed by atoms with van der Waals surface area (Å²) in [6.45, 7) is 0.567. The summed E-state index contributed by atoms with van der Waals surface area (Å²) < 4.78 is 5.45. The van der Waals surface area contributed by atoms with Crippen LogP contribution in [0.4, 0.5) is 5.69 Å². The number of carbonyl (C=O) groups excluding carboxylic acids is 2. The van der Waals surface area contributed by atoms with Crippen LogP contribution in [0, 0.1) is 0 Å². The SMILES string of the molecule is NC(=O)CCOc1ccccc1NC(=O)C1CC(O)CN1. The van der Waals surface area contributed by atoms with Crippen molar-refractivity contribution in [3.8, 4) is 5.75 Å². The van der Waals surface area contributed by atoms with E-state index in [1.54, 1.807) is 24.3 Å². The predicted molar refractivity (Wildman–Crippen MR) is 76.8 cm³/mol. The van der Waals surface area contributed by atoms with Crippen LogP contribution >= 0.6 is 0 Å². The fourth-order valence-corrected chi connectivity index (χ4v) is 2.09. The number of nitrogens with two attached hydrogens (primary N) is 1. The molecular formula is C14H19N3O4. The molecule has 2 amide bonds. The molecule has 1 aromatic rings. The third-order valence-corrected chi connectivity index (χ3v) is 3.18. The quantitative estimate of drug-likeness (QED) is 0.570. The van der Waals surface area contributed by atoms with E-state index in [9.17, 15) is 14.7 Å². The van der Waals surface area contributed by atoms with Crippen molar-refractivity contribution in [3.63, 3.8) is 0 Å². The topological polar surface area (TPSA) is 114 Å². The Labute approximate surface area is 122 Å². The Kier molecular flexibility index (Phi) is 5.13. The highest BCUT2D eigenvalue weighted by Crippen LogP contribution is 2.24. The van der Waals surface area contributed by atoms with Crippen LogP contribution in [-0.2, 0) is 9.59 Å². The number of aliphatic hydroxyl groups excluding tert-OH is 1. The molecule has 5 N–H and O–H groups in total. The minimum absolute atomic E-state index is 0.110. The second-order valence-electron chi connectivity index (χ2n) is 4.90. The van der Waals surface area contributed by atoms with Crippen LogP contribution in [0.15, 0.2) is 24.3 Å². The molecular weight excluding hydrogens is 274 g/mol. The van der Waals surface area contributed by atoms with Gasteiger partial charge < -0.3 is 26.2 Å². The molecule has 2 atom stereocenters. The van der Waals surface area contributed by atoms with Crippen molar-refractivity contribution in [2.75, 3.05) is 18.5 Å². The lowest BCUT2D eigenvalue weighted by molar-refractivity contribution is -0.119. The Morgan fingerprint density at radius 2 is 2.19 bits per heavy atom. The number of ether oxygens (including phenoxy) is 1. The summed E-state index contributed by atoms with van der Waals surface area (Å²) in [5.74, 6) is -0.191. The summed E-state index contributed by atoms with van der Waals surface area (Å²) in [5, 5.41) is 15.1. The summed E-state index contributed by atoms with van der Waals surface area (Å²) in [4.78, 5) is 22.8. The smallest absolute Gasteiger partial charge is 0.241 e. The summed E-state index contributed by atoms with van der Waals surface area (Å²) in [6.07, 6.45) is -0.00217. The van der Waals surface area contributed by atoms with E-state index in [1.807, 2.05) is 0 Å². The van der Waals surface area contributed by atoms with E-state index >= 15 is 0 Å². The highest BCUT2D eigenvalue weighted by atomic mass is 16.5. The largest absolute Gasteiger partial charge is 0.491 e. The molecule has 1 fully saturated rings. The van der Waals surface area contributed by atoms with Gasteiger partial charge in [0, 0.05) is 6.54 Å². The molecule has 0 aliphatic carbocycles. The zero-order chi connectivity index (χ0) is 15.2. The molecule has 21 heavy (non-hydrogen) atoms. The van der Waals surface area contributed by atoms with Gasteiger partial charge in [-0.3, -0.25) is 9.59 Å². The maximum Gasteiger partial charge on any atom is 0.241 e. The lowest BCUT2D eigenvalue weighted by Crippen LogP contribution is -2.35. The van der Waals surface area contributed by atoms with Gasteiger partial charge in [-0.15, -0.1) is 0 Å². The molecule has 1 aromatic carbocycles. The van der Waals surface area contributed by atoms with Gasteiger partial charge in [0.15, 0.2) is 0 Å². The molecule has 0 bridgehead atoms. The Morgan fingerprint density at radius 3 is 2.86 bits per heavy atom. The number of hydrogen-bond acceptors (Lipinski definition) is 5. The van der Waals surface area contributed by atoms with E-state index in [-0.39, 0.29) is 18.9 Å². The predicted octanol–water partition coefficient (Wildman–Crippen LogP) is -0.398. The van der Waals surface area contributed by atoms with Crippen molar-refractivity contribution < 1.29 is 19.4 Å². The fraction of sp³-hybridized carbons (Fsp3) is 0.429. The first-order valence-electron chi connectivity index (χ1n) is 6.78. The summed E-state index contributed by atoms with van der Waals surface area (Å²) in [5.41, 5.74) is 5.57. The summed E-state index contributed by atoms with van der Waals surface area (Å²) in [6, 6.07) is 6.54. The van der Waals surface area contributed by atoms with Crippen molar-refractivity contribution >= 4 is 17.5 Å². The highest BCUT2D eigenvalue weighted by molar-refractivity contribution is 5.96. The van der Waals surface area contributed by atoms with Crippen LogP contribution in [-0.4, -0.2) is 42.2 Å². The van der Waals surface area contributed by atoms with E-state index in [4.69, 9.17) is 10.5 Å². The first-order valence-corrected chi connectivity index (χ1v) is 6.78. The third-order valence-electron chi connectivity index (χ3n) is 3.18. The van der Waals surface area contributed by atoms with E-state index in [0.717, 1.165) is 0 Å². The molecule has 1 saturated heterocycles. The van der Waals surface area contributed by atoms with Gasteiger partial charge in [0.05, 0.1) is 30.9 Å². The first kappa shape index (κ1) is 15.3. The van der Waals surface area contributed by atoms with E-state index in [0.29, 0.717) is 24.4 Å². The second-order valence-corrected chi connectivity index (χ2v) is 4.90. The van der Waals surface area contributed by atoms with Crippen LogP contribution in [0.1, 0.15) is 12.8 Å². The number of para-hydroxylation sites is 2. The normalized spacial score (nSPS) is 21.0. The monoisotopic (exact) mass is 293 g/mol. The minimum Gasteiger partial charge on any atom is -0.491 e. The molecule has 0 saturated carbocycles. The second kappa shape index (κ2) is 7.05. The summed E-state index contributed by atoms with van der Waals surface area (Å²) in [7, 11) is 0. The lowest BCUT2D eigenvalue weighted by Gasteiger charge is -2.14. The van der Waals surface area contributed by atoms with Crippen LogP contribution in [0.5, 0.6) is 5.75 Å². The molecule has 0 radical (unpaired) electrons. The molecule has 0 aromatic heterocycles. The minimum atomic E-state index is -0.497. The molecule has 2 rings (SSSR count). The zero-order valence-corrected chi connectivity index (χ0v) is 11.5. The van der Waals surface area contributed by atoms with E-state index in [2.05, 4.69) is 10.6 Å². The van der Waals surface area contributed by atoms with Crippen molar-refractivity contribution in [3.05, 3.63) is 24.3 Å². The first-order chi connectivity index (χ1) is 10.1. The molecule has 0 spiro atoms. The average Bonchev–Trinajstić information content (AvgIpc) is 2.87. The number of anilines is 1. The van der Waals surface area contributed by atoms with Crippen molar-refractivity contribution in [1.82, 2.24) is 5.32 Å². The average molecular weight is 293 g/mol. The third kappa shape index (κ3) is 4.44. The number of amides is 2. The van der Waals surface area contributed by atoms with Crippen LogP contribution in [0.2, 0.25) is 0 Å². The highest BCUT2D eigenvalue weighted by Gasteiger charge is 2.28. The van der Waals surface area contributed by atoms with E-state index in [1.165, 1.54) is 0 Å². The number of hydrogen-bond donors (Lipinski definition) is 4. The maximum absolute atomic E-state index is 12.1. The van der Waals surface area contributed by atoms with Gasteiger partial charge in [0.1, 0.15) is 5.75 Å². The van der Waals surface area contributed by atoms with Gasteiger partial charge in [0.2, 0.25) is 11.8 Å². The molecule has 2 unspecified atom stereocenters. The van der Waals surface area contributed by atoms with Gasteiger partial charge in [0.25, 0.3) is 0 Å². The maximum atomic E-state index is 12.1. The Morgan fingerprint density at radius 1 is 1.43 bits per heavy atom. The Bertz CT molecular complexity index is 521. The number of nitrogens with one attached hydrogen (secondary N) is 2. The van der Waals surface area contributed by atoms with Gasteiger partial charge in [-0.05, 0) is 18.6 Å². The number of benzene rings is 1. The van der Waals surface area contributed by atoms with Crippen molar-refractivity contribution in [2.24, 2.45) is 5.73 Å². The van der Waals surface area contributed by atoms with Gasteiger partial charge in [-0.2, -0.15) is 0 Å². The molecule has 114 valence electrons. The van der Waals surface area contributed by atoms with Gasteiger partial charge >= 0.3 is 0 Å². The number of aliphatic hydroxyl groups is 1. The molecule has 1 aliphatic rings. The standard InChI is InChI=1S/C14H19N3O4/c15-13(19)5-6-21-12-4-2-1-3-10(12)17-14(20)11-7-9(18)8-16-11/h1-4,9,11,16,18H,5-8H2,(H2,15,19)(H,17,20). The molecule has 7 heteroatoms.